The van der Waals surface area contributed by atoms with Crippen LogP contribution in [0.5, 0.6) is 0 Å². The molecule has 1 atom stereocenters. The summed E-state index contributed by atoms with van der Waals surface area (Å²) in [5.41, 5.74) is 4.40. The van der Waals surface area contributed by atoms with Crippen LogP contribution in [-0.2, 0) is 24.1 Å². The Morgan fingerprint density at radius 1 is 1.29 bits per heavy atom. The minimum Gasteiger partial charge on any atom is -0.327 e. The van der Waals surface area contributed by atoms with Crippen molar-refractivity contribution < 1.29 is 8.42 Å². The zero-order valence-corrected chi connectivity index (χ0v) is 13.5. The van der Waals surface area contributed by atoms with Gasteiger partial charge in [0.1, 0.15) is 0 Å². The average Bonchev–Trinajstić information content (AvgIpc) is 2.40. The van der Waals surface area contributed by atoms with E-state index in [1.807, 2.05) is 0 Å². The highest BCUT2D eigenvalue weighted by Gasteiger charge is 2.31. The largest absolute Gasteiger partial charge is 0.330 e. The van der Waals surface area contributed by atoms with Gasteiger partial charge in [-0.15, -0.1) is 12.4 Å². The Bertz CT molecular complexity index is 740. The van der Waals surface area contributed by atoms with Gasteiger partial charge in [0.15, 0.2) is 4.90 Å². The molecule has 1 saturated heterocycles. The highest BCUT2D eigenvalue weighted by Crippen LogP contribution is 2.17. The lowest BCUT2D eigenvalue weighted by atomic mass is 10.1. The van der Waals surface area contributed by atoms with Gasteiger partial charge in [-0.25, -0.2) is 13.2 Å². The first-order valence-electron chi connectivity index (χ1n) is 6.27. The van der Waals surface area contributed by atoms with Crippen LogP contribution in [0, 0.1) is 0 Å². The molecule has 21 heavy (non-hydrogen) atoms. The maximum atomic E-state index is 12.5. The number of nitrogens with two attached hydrogens (primary N) is 1. The number of hydrogen-bond acceptors (Lipinski definition) is 5. The van der Waals surface area contributed by atoms with Crippen LogP contribution in [0.1, 0.15) is 12.8 Å². The predicted octanol–water partition coefficient (Wildman–Crippen LogP) is -1.38. The number of hydrogen-bond donors (Lipinski definition) is 1. The van der Waals surface area contributed by atoms with Crippen LogP contribution < -0.4 is 17.0 Å². The van der Waals surface area contributed by atoms with Crippen LogP contribution in [0.3, 0.4) is 0 Å². The van der Waals surface area contributed by atoms with E-state index in [4.69, 9.17) is 5.73 Å². The number of piperidine rings is 1. The van der Waals surface area contributed by atoms with E-state index in [9.17, 15) is 18.0 Å². The predicted molar refractivity (Wildman–Crippen MR) is 80.1 cm³/mol. The molecule has 0 aromatic carbocycles. The summed E-state index contributed by atoms with van der Waals surface area (Å²) in [7, 11) is -1.27. The molecule has 1 aliphatic heterocycles. The summed E-state index contributed by atoms with van der Waals surface area (Å²) in [4.78, 5) is 23.2. The molecular formula is C11H19ClN4O4S. The fourth-order valence-corrected chi connectivity index (χ4v) is 3.97. The molecule has 2 heterocycles. The number of aryl methyl sites for hydroxylation is 1. The van der Waals surface area contributed by atoms with Crippen molar-refractivity contribution in [3.63, 3.8) is 0 Å². The van der Waals surface area contributed by atoms with E-state index in [-0.39, 0.29) is 25.0 Å². The van der Waals surface area contributed by atoms with Crippen molar-refractivity contribution in [2.45, 2.75) is 23.8 Å². The van der Waals surface area contributed by atoms with Crippen LogP contribution in [0.4, 0.5) is 0 Å². The van der Waals surface area contributed by atoms with Gasteiger partial charge in [-0.3, -0.25) is 9.36 Å². The fourth-order valence-electron chi connectivity index (χ4n) is 2.28. The van der Waals surface area contributed by atoms with Crippen LogP contribution in [0.2, 0.25) is 0 Å². The summed E-state index contributed by atoms with van der Waals surface area (Å²) in [6, 6.07) is -0.227. The maximum absolute atomic E-state index is 12.5. The third-order valence-corrected chi connectivity index (χ3v) is 5.30. The van der Waals surface area contributed by atoms with Gasteiger partial charge in [0.2, 0.25) is 10.0 Å². The summed E-state index contributed by atoms with van der Waals surface area (Å²) >= 11 is 0. The lowest BCUT2D eigenvalue weighted by Gasteiger charge is -2.29. The smallest absolute Gasteiger partial charge is 0.327 e. The quantitative estimate of drug-likeness (QED) is 0.715. The van der Waals surface area contributed by atoms with Crippen molar-refractivity contribution in [3.8, 4) is 0 Å². The van der Waals surface area contributed by atoms with Gasteiger partial charge < -0.3 is 10.3 Å². The average molecular weight is 339 g/mol. The second-order valence-electron chi connectivity index (χ2n) is 5.02. The topological polar surface area (TPSA) is 107 Å². The molecule has 0 radical (unpaired) electrons. The molecule has 1 fully saturated rings. The molecule has 0 saturated carbocycles. The highest BCUT2D eigenvalue weighted by molar-refractivity contribution is 7.89. The first kappa shape index (κ1) is 17.9. The van der Waals surface area contributed by atoms with Crippen molar-refractivity contribution in [2.24, 2.45) is 19.8 Å². The van der Waals surface area contributed by atoms with Crippen molar-refractivity contribution >= 4 is 22.4 Å². The lowest BCUT2D eigenvalue weighted by Crippen LogP contribution is -2.48. The van der Waals surface area contributed by atoms with Crippen LogP contribution in [-0.4, -0.2) is 41.0 Å². The molecule has 0 unspecified atom stereocenters. The standard InChI is InChI=1S/C11H18N4O4S.ClH/c1-13-7-9(10(16)14(2)11(13)17)20(18,19)15-5-3-4-8(12)6-15;/h7-8H,3-6,12H2,1-2H3;1H/t8-;/m1./s1. The van der Waals surface area contributed by atoms with Crippen molar-refractivity contribution in [1.82, 2.24) is 13.4 Å². The number of aromatic nitrogens is 2. The van der Waals surface area contributed by atoms with E-state index >= 15 is 0 Å². The Labute approximate surface area is 128 Å². The number of halogens is 1. The third kappa shape index (κ3) is 3.20. The number of nitrogens with zero attached hydrogens (tertiary/aromatic N) is 3. The molecule has 0 spiro atoms. The van der Waals surface area contributed by atoms with Gasteiger partial charge in [-0.2, -0.15) is 4.31 Å². The molecule has 1 aromatic heterocycles. The molecule has 1 aromatic rings. The van der Waals surface area contributed by atoms with Crippen LogP contribution in [0.25, 0.3) is 0 Å². The summed E-state index contributed by atoms with van der Waals surface area (Å²) < 4.78 is 28.1. The SMILES string of the molecule is Cl.Cn1cc(S(=O)(=O)N2CCC[C@@H](N)C2)c(=O)n(C)c1=O. The summed E-state index contributed by atoms with van der Waals surface area (Å²) in [5.74, 6) is 0. The Hall–Kier alpha value is -1.16. The van der Waals surface area contributed by atoms with E-state index in [0.717, 1.165) is 21.8 Å². The van der Waals surface area contributed by atoms with E-state index in [0.29, 0.717) is 13.0 Å². The Morgan fingerprint density at radius 3 is 2.48 bits per heavy atom. The Balaban J connectivity index is 0.00000220. The van der Waals surface area contributed by atoms with Gasteiger partial charge in [-0.05, 0) is 12.8 Å². The maximum Gasteiger partial charge on any atom is 0.330 e. The second kappa shape index (κ2) is 6.30. The lowest BCUT2D eigenvalue weighted by molar-refractivity contribution is 0.315. The normalized spacial score (nSPS) is 20.0. The molecule has 0 aliphatic carbocycles. The minimum atomic E-state index is -3.93. The van der Waals surface area contributed by atoms with Crippen molar-refractivity contribution in [1.29, 1.82) is 0 Å². The molecule has 1 aliphatic rings. The van der Waals surface area contributed by atoms with E-state index in [1.165, 1.54) is 18.4 Å². The van der Waals surface area contributed by atoms with E-state index < -0.39 is 26.2 Å². The minimum absolute atomic E-state index is 0. The van der Waals surface area contributed by atoms with Gasteiger partial charge in [0, 0.05) is 39.4 Å². The third-order valence-electron chi connectivity index (χ3n) is 3.45. The zero-order valence-electron chi connectivity index (χ0n) is 11.9. The molecule has 120 valence electrons. The molecule has 0 bridgehead atoms. The first-order chi connectivity index (χ1) is 9.25. The van der Waals surface area contributed by atoms with Crippen LogP contribution >= 0.6 is 12.4 Å². The Morgan fingerprint density at radius 2 is 1.90 bits per heavy atom. The molecular weight excluding hydrogens is 320 g/mol. The van der Waals surface area contributed by atoms with E-state index in [2.05, 4.69) is 0 Å². The number of rotatable bonds is 2. The van der Waals surface area contributed by atoms with Gasteiger partial charge in [0.25, 0.3) is 5.56 Å². The summed E-state index contributed by atoms with van der Waals surface area (Å²) in [6.45, 7) is 0.524. The molecule has 2 N–H and O–H groups in total. The number of sulfonamides is 1. The fraction of sp³-hybridized carbons (Fsp3) is 0.636. The van der Waals surface area contributed by atoms with Crippen molar-refractivity contribution in [2.75, 3.05) is 13.1 Å². The molecule has 8 nitrogen and oxygen atoms in total. The Kier molecular flexibility index (Phi) is 5.37. The highest BCUT2D eigenvalue weighted by atomic mass is 35.5. The van der Waals surface area contributed by atoms with Gasteiger partial charge in [0.05, 0.1) is 0 Å². The van der Waals surface area contributed by atoms with Gasteiger partial charge >= 0.3 is 5.69 Å². The monoisotopic (exact) mass is 338 g/mol. The summed E-state index contributed by atoms with van der Waals surface area (Å²) in [5, 5.41) is 0. The molecule has 10 heteroatoms. The van der Waals surface area contributed by atoms with E-state index in [1.54, 1.807) is 0 Å². The first-order valence-corrected chi connectivity index (χ1v) is 7.71. The second-order valence-corrected chi connectivity index (χ2v) is 6.92. The molecule has 0 amide bonds. The molecule has 2 rings (SSSR count). The van der Waals surface area contributed by atoms with Gasteiger partial charge in [-0.1, -0.05) is 0 Å². The van der Waals surface area contributed by atoms with Crippen molar-refractivity contribution in [3.05, 3.63) is 27.0 Å². The van der Waals surface area contributed by atoms with Crippen LogP contribution in [0.15, 0.2) is 20.7 Å². The zero-order chi connectivity index (χ0) is 15.1. The summed E-state index contributed by atoms with van der Waals surface area (Å²) in [6.07, 6.45) is 2.49.